The lowest BCUT2D eigenvalue weighted by Crippen LogP contribution is -2.45. The highest BCUT2D eigenvalue weighted by molar-refractivity contribution is 6.00. The van der Waals surface area contributed by atoms with Crippen molar-refractivity contribution in [1.29, 1.82) is 0 Å². The molecule has 1 unspecified atom stereocenters. The number of Topliss-reactive ketones (excluding diaryl/α,β-unsaturated/α-hetero) is 1. The molecule has 1 aliphatic rings. The first-order valence-corrected chi connectivity index (χ1v) is 7.50. The largest absolute Gasteiger partial charge is 0.316 e. The summed E-state index contributed by atoms with van der Waals surface area (Å²) in [4.78, 5) is 12.8. The van der Waals surface area contributed by atoms with Crippen molar-refractivity contribution in [2.24, 2.45) is 5.41 Å². The molecule has 0 spiro atoms. The van der Waals surface area contributed by atoms with Crippen LogP contribution >= 0.6 is 0 Å². The fraction of sp³-hybridized carbons (Fsp3) is 0.733. The first kappa shape index (κ1) is 14.3. The van der Waals surface area contributed by atoms with Gasteiger partial charge < -0.3 is 5.32 Å². The molecule has 1 atom stereocenters. The number of hydrogen-bond donors (Lipinski definition) is 1. The maximum atomic E-state index is 12.8. The zero-order chi connectivity index (χ0) is 13.7. The van der Waals surface area contributed by atoms with Crippen LogP contribution in [-0.2, 0) is 6.54 Å². The molecule has 1 aromatic rings. The lowest BCUT2D eigenvalue weighted by atomic mass is 9.72. The van der Waals surface area contributed by atoms with Gasteiger partial charge in [0.1, 0.15) is 0 Å². The number of rotatable bonds is 6. The van der Waals surface area contributed by atoms with E-state index in [0.717, 1.165) is 57.3 Å². The summed E-state index contributed by atoms with van der Waals surface area (Å²) in [7, 11) is 0. The number of aryl methyl sites for hydroxylation is 1. The van der Waals surface area contributed by atoms with Gasteiger partial charge in [-0.05, 0) is 32.2 Å². The van der Waals surface area contributed by atoms with E-state index < -0.39 is 0 Å². The van der Waals surface area contributed by atoms with E-state index in [1.807, 2.05) is 10.9 Å². The fourth-order valence-electron chi connectivity index (χ4n) is 3.11. The summed E-state index contributed by atoms with van der Waals surface area (Å²) in [5.74, 6) is 0.281. The summed E-state index contributed by atoms with van der Waals surface area (Å²) < 4.78 is 1.88. The fourth-order valence-corrected chi connectivity index (χ4v) is 3.11. The lowest BCUT2D eigenvalue weighted by Gasteiger charge is -2.36. The van der Waals surface area contributed by atoms with Gasteiger partial charge in [-0.25, -0.2) is 0 Å². The van der Waals surface area contributed by atoms with Gasteiger partial charge in [0.15, 0.2) is 5.78 Å². The molecule has 0 aromatic carbocycles. The molecule has 4 heteroatoms. The summed E-state index contributed by atoms with van der Waals surface area (Å²) in [6.45, 7) is 7.01. The molecule has 19 heavy (non-hydrogen) atoms. The molecule has 1 saturated heterocycles. The molecule has 0 bridgehead atoms. The second-order valence-electron chi connectivity index (χ2n) is 5.63. The molecule has 1 fully saturated rings. The van der Waals surface area contributed by atoms with Gasteiger partial charge >= 0.3 is 0 Å². The number of nitrogens with one attached hydrogen (secondary N) is 1. The Labute approximate surface area is 115 Å². The second-order valence-corrected chi connectivity index (χ2v) is 5.63. The van der Waals surface area contributed by atoms with Crippen LogP contribution in [-0.4, -0.2) is 28.7 Å². The minimum Gasteiger partial charge on any atom is -0.316 e. The zero-order valence-electron chi connectivity index (χ0n) is 12.1. The van der Waals surface area contributed by atoms with Crippen molar-refractivity contribution < 1.29 is 4.79 Å². The number of nitrogens with zero attached hydrogens (tertiary/aromatic N) is 2. The van der Waals surface area contributed by atoms with Gasteiger partial charge in [0.25, 0.3) is 0 Å². The molecule has 1 N–H and O–H groups in total. The average molecular weight is 263 g/mol. The van der Waals surface area contributed by atoms with Gasteiger partial charge in [0.2, 0.25) is 0 Å². The molecular weight excluding hydrogens is 238 g/mol. The summed E-state index contributed by atoms with van der Waals surface area (Å²) in [6, 6.07) is 0. The van der Waals surface area contributed by atoms with Crippen molar-refractivity contribution in [1.82, 2.24) is 15.1 Å². The summed E-state index contributed by atoms with van der Waals surface area (Å²) >= 11 is 0. The topological polar surface area (TPSA) is 46.9 Å². The molecule has 2 heterocycles. The monoisotopic (exact) mass is 263 g/mol. The van der Waals surface area contributed by atoms with Crippen molar-refractivity contribution in [2.45, 2.75) is 52.5 Å². The summed E-state index contributed by atoms with van der Waals surface area (Å²) in [5.41, 5.74) is 0.582. The SMILES string of the molecule is CCCn1cc(C(=O)C2(CCC)CCCNC2)cn1. The number of ketones is 1. The van der Waals surface area contributed by atoms with E-state index in [-0.39, 0.29) is 11.2 Å². The third-order valence-electron chi connectivity index (χ3n) is 4.03. The van der Waals surface area contributed by atoms with Crippen LogP contribution < -0.4 is 5.32 Å². The van der Waals surface area contributed by atoms with E-state index in [9.17, 15) is 4.79 Å². The third-order valence-corrected chi connectivity index (χ3v) is 4.03. The Balaban J connectivity index is 2.17. The predicted octanol–water partition coefficient (Wildman–Crippen LogP) is 2.65. The second kappa shape index (κ2) is 6.33. The highest BCUT2D eigenvalue weighted by atomic mass is 16.1. The summed E-state index contributed by atoms with van der Waals surface area (Å²) in [6.07, 6.45) is 8.81. The molecule has 1 aliphatic heterocycles. The molecule has 1 aromatic heterocycles. The van der Waals surface area contributed by atoms with E-state index >= 15 is 0 Å². The number of carbonyl (C=O) groups is 1. The molecular formula is C15H25N3O. The Kier molecular flexibility index (Phi) is 4.75. The Morgan fingerprint density at radius 2 is 2.32 bits per heavy atom. The minimum absolute atomic E-state index is 0.201. The van der Waals surface area contributed by atoms with E-state index in [2.05, 4.69) is 24.3 Å². The van der Waals surface area contributed by atoms with Crippen molar-refractivity contribution in [2.75, 3.05) is 13.1 Å². The number of piperidine rings is 1. The van der Waals surface area contributed by atoms with Crippen LogP contribution in [0.3, 0.4) is 0 Å². The van der Waals surface area contributed by atoms with Gasteiger partial charge in [-0.3, -0.25) is 9.48 Å². The molecule has 4 nitrogen and oxygen atoms in total. The standard InChI is InChI=1S/C15H25N3O/c1-3-6-15(7-5-8-16-12-15)14(19)13-10-17-18(11-13)9-4-2/h10-11,16H,3-9,12H2,1-2H3. The van der Waals surface area contributed by atoms with Gasteiger partial charge in [0, 0.05) is 24.7 Å². The first-order valence-electron chi connectivity index (χ1n) is 7.50. The maximum Gasteiger partial charge on any atom is 0.173 e. The van der Waals surface area contributed by atoms with Crippen LogP contribution in [0.2, 0.25) is 0 Å². The van der Waals surface area contributed by atoms with Gasteiger partial charge in [-0.2, -0.15) is 5.10 Å². The van der Waals surface area contributed by atoms with Crippen molar-refractivity contribution in [3.63, 3.8) is 0 Å². The highest BCUT2D eigenvalue weighted by Crippen LogP contribution is 2.35. The predicted molar refractivity (Wildman–Crippen MR) is 76.3 cm³/mol. The molecule has 0 radical (unpaired) electrons. The smallest absolute Gasteiger partial charge is 0.173 e. The molecule has 2 rings (SSSR count). The summed E-state index contributed by atoms with van der Waals surface area (Å²) in [5, 5.41) is 7.68. The van der Waals surface area contributed by atoms with Crippen molar-refractivity contribution in [3.8, 4) is 0 Å². The Hall–Kier alpha value is -1.16. The Morgan fingerprint density at radius 3 is 2.95 bits per heavy atom. The quantitative estimate of drug-likeness (QED) is 0.803. The Bertz CT molecular complexity index is 413. The number of carbonyl (C=O) groups excluding carboxylic acids is 1. The normalized spacial score (nSPS) is 23.5. The number of hydrogen-bond acceptors (Lipinski definition) is 3. The Morgan fingerprint density at radius 1 is 1.47 bits per heavy atom. The van der Waals surface area contributed by atoms with E-state index in [4.69, 9.17) is 0 Å². The van der Waals surface area contributed by atoms with Crippen molar-refractivity contribution in [3.05, 3.63) is 18.0 Å². The molecule has 0 amide bonds. The molecule has 0 aliphatic carbocycles. The minimum atomic E-state index is -0.201. The van der Waals surface area contributed by atoms with Gasteiger partial charge in [0.05, 0.1) is 11.8 Å². The van der Waals surface area contributed by atoms with E-state index in [1.165, 1.54) is 0 Å². The maximum absolute atomic E-state index is 12.8. The van der Waals surface area contributed by atoms with Crippen LogP contribution in [0.4, 0.5) is 0 Å². The van der Waals surface area contributed by atoms with Gasteiger partial charge in [-0.1, -0.05) is 20.3 Å². The van der Waals surface area contributed by atoms with Crippen LogP contribution in [0.25, 0.3) is 0 Å². The van der Waals surface area contributed by atoms with Crippen LogP contribution in [0, 0.1) is 5.41 Å². The third kappa shape index (κ3) is 3.06. The van der Waals surface area contributed by atoms with E-state index in [1.54, 1.807) is 6.20 Å². The lowest BCUT2D eigenvalue weighted by molar-refractivity contribution is 0.0718. The van der Waals surface area contributed by atoms with Gasteiger partial charge in [-0.15, -0.1) is 0 Å². The molecule has 0 saturated carbocycles. The number of aromatic nitrogens is 2. The van der Waals surface area contributed by atoms with Crippen LogP contribution in [0.15, 0.2) is 12.4 Å². The molecule has 106 valence electrons. The first-order chi connectivity index (χ1) is 9.22. The average Bonchev–Trinajstić information content (AvgIpc) is 2.88. The zero-order valence-corrected chi connectivity index (χ0v) is 12.1. The van der Waals surface area contributed by atoms with Crippen LogP contribution in [0.5, 0.6) is 0 Å². The van der Waals surface area contributed by atoms with Crippen molar-refractivity contribution >= 4 is 5.78 Å². The van der Waals surface area contributed by atoms with E-state index in [0.29, 0.717) is 0 Å². The highest BCUT2D eigenvalue weighted by Gasteiger charge is 2.39. The van der Waals surface area contributed by atoms with Crippen LogP contribution in [0.1, 0.15) is 56.3 Å².